The van der Waals surface area contributed by atoms with Crippen LogP contribution in [0.25, 0.3) is 10.9 Å². The average Bonchev–Trinajstić information content (AvgIpc) is 2.61. The Kier molecular flexibility index (Phi) is 4.41. The van der Waals surface area contributed by atoms with E-state index < -0.39 is 23.1 Å². The zero-order chi connectivity index (χ0) is 18.9. The summed E-state index contributed by atoms with van der Waals surface area (Å²) in [6, 6.07) is 8.79. The van der Waals surface area contributed by atoms with E-state index in [4.69, 9.17) is 4.74 Å². The minimum atomic E-state index is -4.46. The van der Waals surface area contributed by atoms with E-state index in [1.165, 1.54) is 13.3 Å². The molecule has 26 heavy (non-hydrogen) atoms. The molecule has 0 spiro atoms. The number of alkyl halides is 3. The fourth-order valence-corrected chi connectivity index (χ4v) is 2.50. The van der Waals surface area contributed by atoms with Gasteiger partial charge in [-0.2, -0.15) is 13.2 Å². The van der Waals surface area contributed by atoms with Gasteiger partial charge < -0.3 is 15.0 Å². The van der Waals surface area contributed by atoms with Crippen molar-refractivity contribution in [2.45, 2.75) is 6.18 Å². The van der Waals surface area contributed by atoms with Crippen molar-refractivity contribution in [3.8, 4) is 5.75 Å². The zero-order valence-corrected chi connectivity index (χ0v) is 13.5. The highest BCUT2D eigenvalue weighted by Crippen LogP contribution is 2.30. The van der Waals surface area contributed by atoms with Gasteiger partial charge in [0.1, 0.15) is 11.3 Å². The maximum atomic E-state index is 12.6. The molecule has 0 unspecified atom stereocenters. The first-order valence-corrected chi connectivity index (χ1v) is 7.48. The molecule has 0 atom stereocenters. The Labute approximate surface area is 145 Å². The Hall–Kier alpha value is -3.29. The van der Waals surface area contributed by atoms with Crippen LogP contribution in [-0.2, 0) is 6.18 Å². The van der Waals surface area contributed by atoms with Crippen LogP contribution in [0.1, 0.15) is 15.9 Å². The molecule has 0 aliphatic carbocycles. The Bertz CT molecular complexity index is 1020. The SMILES string of the molecule is COc1cccc2c(=O)c(C(=O)Nc3ccc(C(F)(F)F)cc3)c[nH]c12. The van der Waals surface area contributed by atoms with Crippen LogP contribution in [0.5, 0.6) is 5.75 Å². The molecule has 0 bridgehead atoms. The van der Waals surface area contributed by atoms with E-state index in [0.29, 0.717) is 11.3 Å². The predicted molar refractivity (Wildman–Crippen MR) is 90.5 cm³/mol. The summed E-state index contributed by atoms with van der Waals surface area (Å²) in [7, 11) is 1.46. The molecule has 1 amide bonds. The van der Waals surface area contributed by atoms with Crippen molar-refractivity contribution < 1.29 is 22.7 Å². The van der Waals surface area contributed by atoms with Gasteiger partial charge in [0.05, 0.1) is 23.6 Å². The highest BCUT2D eigenvalue weighted by molar-refractivity contribution is 6.06. The van der Waals surface area contributed by atoms with Gasteiger partial charge in [0.25, 0.3) is 5.91 Å². The molecule has 0 aliphatic heterocycles. The number of anilines is 1. The van der Waals surface area contributed by atoms with E-state index >= 15 is 0 Å². The maximum absolute atomic E-state index is 12.6. The molecule has 3 aromatic rings. The number of amides is 1. The lowest BCUT2D eigenvalue weighted by Crippen LogP contribution is -2.22. The molecule has 1 aromatic heterocycles. The third-order valence-electron chi connectivity index (χ3n) is 3.81. The van der Waals surface area contributed by atoms with E-state index in [9.17, 15) is 22.8 Å². The lowest BCUT2D eigenvalue weighted by atomic mass is 10.1. The first-order valence-electron chi connectivity index (χ1n) is 7.48. The number of aromatic amines is 1. The van der Waals surface area contributed by atoms with Crippen LogP contribution in [-0.4, -0.2) is 18.0 Å². The molecule has 0 radical (unpaired) electrons. The number of methoxy groups -OCH3 is 1. The summed E-state index contributed by atoms with van der Waals surface area (Å²) in [6.07, 6.45) is -3.22. The summed E-state index contributed by atoms with van der Waals surface area (Å²) in [5.41, 5.74) is -0.905. The third kappa shape index (κ3) is 3.26. The minimum Gasteiger partial charge on any atom is -0.495 e. The van der Waals surface area contributed by atoms with Crippen LogP contribution in [0.4, 0.5) is 18.9 Å². The number of fused-ring (bicyclic) bond motifs is 1. The van der Waals surface area contributed by atoms with Crippen molar-refractivity contribution in [3.05, 3.63) is 70.0 Å². The number of H-pyrrole nitrogens is 1. The van der Waals surface area contributed by atoms with E-state index in [-0.39, 0.29) is 16.6 Å². The number of para-hydroxylation sites is 1. The zero-order valence-electron chi connectivity index (χ0n) is 13.5. The van der Waals surface area contributed by atoms with Gasteiger partial charge in [-0.15, -0.1) is 0 Å². The molecule has 1 heterocycles. The van der Waals surface area contributed by atoms with E-state index in [0.717, 1.165) is 24.3 Å². The molecule has 134 valence electrons. The van der Waals surface area contributed by atoms with Crippen molar-refractivity contribution in [2.24, 2.45) is 0 Å². The molecular weight excluding hydrogens is 349 g/mol. The Balaban J connectivity index is 1.91. The summed E-state index contributed by atoms with van der Waals surface area (Å²) < 4.78 is 42.9. The highest BCUT2D eigenvalue weighted by Gasteiger charge is 2.30. The number of halogens is 3. The summed E-state index contributed by atoms with van der Waals surface area (Å²) in [4.78, 5) is 27.7. The number of nitrogens with one attached hydrogen (secondary N) is 2. The van der Waals surface area contributed by atoms with Crippen molar-refractivity contribution >= 4 is 22.5 Å². The largest absolute Gasteiger partial charge is 0.495 e. The van der Waals surface area contributed by atoms with Crippen LogP contribution in [0.3, 0.4) is 0 Å². The number of rotatable bonds is 3. The molecule has 2 aromatic carbocycles. The lowest BCUT2D eigenvalue weighted by molar-refractivity contribution is -0.137. The quantitative estimate of drug-likeness (QED) is 0.744. The molecule has 0 saturated heterocycles. The molecule has 0 fully saturated rings. The number of pyridine rings is 1. The molecule has 5 nitrogen and oxygen atoms in total. The van der Waals surface area contributed by atoms with Crippen molar-refractivity contribution in [1.82, 2.24) is 4.98 Å². The fraction of sp³-hybridized carbons (Fsp3) is 0.111. The average molecular weight is 362 g/mol. The normalized spacial score (nSPS) is 11.4. The van der Waals surface area contributed by atoms with E-state index in [1.54, 1.807) is 18.2 Å². The first-order chi connectivity index (χ1) is 12.3. The van der Waals surface area contributed by atoms with Gasteiger partial charge in [0.2, 0.25) is 5.43 Å². The Morgan fingerprint density at radius 1 is 1.12 bits per heavy atom. The molecule has 8 heteroatoms. The highest BCUT2D eigenvalue weighted by atomic mass is 19.4. The number of ether oxygens (including phenoxy) is 1. The summed E-state index contributed by atoms with van der Waals surface area (Å²) in [6.45, 7) is 0. The fourth-order valence-electron chi connectivity index (χ4n) is 2.50. The topological polar surface area (TPSA) is 71.2 Å². The lowest BCUT2D eigenvalue weighted by Gasteiger charge is -2.09. The van der Waals surface area contributed by atoms with E-state index in [2.05, 4.69) is 10.3 Å². The van der Waals surface area contributed by atoms with Crippen LogP contribution >= 0.6 is 0 Å². The van der Waals surface area contributed by atoms with Gasteiger partial charge in [-0.25, -0.2) is 0 Å². The smallest absolute Gasteiger partial charge is 0.416 e. The van der Waals surface area contributed by atoms with Gasteiger partial charge in [-0.05, 0) is 36.4 Å². The predicted octanol–water partition coefficient (Wildman–Crippen LogP) is 3.81. The van der Waals surface area contributed by atoms with E-state index in [1.807, 2.05) is 0 Å². The molecular formula is C18H13F3N2O3. The Morgan fingerprint density at radius 2 is 1.81 bits per heavy atom. The second kappa shape index (κ2) is 6.55. The van der Waals surface area contributed by atoms with Crippen LogP contribution in [0.2, 0.25) is 0 Å². The number of carbonyl (C=O) groups excluding carboxylic acids is 1. The molecule has 0 saturated carbocycles. The van der Waals surface area contributed by atoms with Crippen molar-refractivity contribution in [2.75, 3.05) is 12.4 Å². The van der Waals surface area contributed by atoms with Crippen LogP contribution < -0.4 is 15.5 Å². The van der Waals surface area contributed by atoms with Gasteiger partial charge in [0, 0.05) is 11.9 Å². The second-order valence-electron chi connectivity index (χ2n) is 5.44. The number of aromatic nitrogens is 1. The van der Waals surface area contributed by atoms with Crippen LogP contribution in [0.15, 0.2) is 53.5 Å². The van der Waals surface area contributed by atoms with Gasteiger partial charge in [-0.1, -0.05) is 6.07 Å². The number of carbonyl (C=O) groups is 1. The van der Waals surface area contributed by atoms with Gasteiger partial charge in [-0.3, -0.25) is 9.59 Å². The van der Waals surface area contributed by atoms with Gasteiger partial charge in [0.15, 0.2) is 0 Å². The molecule has 3 rings (SSSR count). The Morgan fingerprint density at radius 3 is 2.42 bits per heavy atom. The second-order valence-corrected chi connectivity index (χ2v) is 5.44. The third-order valence-corrected chi connectivity index (χ3v) is 3.81. The minimum absolute atomic E-state index is 0.146. The standard InChI is InChI=1S/C18H13F3N2O3/c1-26-14-4-2-3-12-15(14)22-9-13(16(12)24)17(25)23-11-7-5-10(6-8-11)18(19,20)21/h2-9H,1H3,(H,22,24)(H,23,25). The van der Waals surface area contributed by atoms with Crippen LogP contribution in [0, 0.1) is 0 Å². The summed E-state index contributed by atoms with van der Waals surface area (Å²) in [5, 5.41) is 2.68. The molecule has 2 N–H and O–H groups in total. The van der Waals surface area contributed by atoms with Crippen molar-refractivity contribution in [1.29, 1.82) is 0 Å². The number of benzene rings is 2. The first kappa shape index (κ1) is 17.5. The van der Waals surface area contributed by atoms with Gasteiger partial charge >= 0.3 is 6.18 Å². The monoisotopic (exact) mass is 362 g/mol. The maximum Gasteiger partial charge on any atom is 0.416 e. The van der Waals surface area contributed by atoms with Crippen molar-refractivity contribution in [3.63, 3.8) is 0 Å². The number of hydrogen-bond acceptors (Lipinski definition) is 3. The number of hydrogen-bond donors (Lipinski definition) is 2. The molecule has 0 aliphatic rings. The summed E-state index contributed by atoms with van der Waals surface area (Å²) >= 11 is 0. The summed E-state index contributed by atoms with van der Waals surface area (Å²) in [5.74, 6) is -0.273.